The predicted molar refractivity (Wildman–Crippen MR) is 121 cm³/mol. The second kappa shape index (κ2) is 10.2. The molecule has 0 saturated heterocycles. The van der Waals surface area contributed by atoms with Crippen molar-refractivity contribution in [2.24, 2.45) is 0 Å². The lowest BCUT2D eigenvalue weighted by Gasteiger charge is -2.28. The summed E-state index contributed by atoms with van der Waals surface area (Å²) in [6.07, 6.45) is 2.99. The Balaban J connectivity index is 1.80. The zero-order chi connectivity index (χ0) is 23.3. The molecule has 0 saturated carbocycles. The first kappa shape index (κ1) is 23.1. The average molecular weight is 455 g/mol. The van der Waals surface area contributed by atoms with Crippen LogP contribution in [-0.4, -0.2) is 24.6 Å². The highest BCUT2D eigenvalue weighted by molar-refractivity contribution is 6.32. The molecule has 8 heteroatoms. The SMILES string of the molecule is CCOC(=O)C1=C(C)NC(=O)NC1c1ccc(OC(=O)/C=C/c2ccccc2C)c(Cl)c1. The third-order valence-corrected chi connectivity index (χ3v) is 5.15. The van der Waals surface area contributed by atoms with Crippen LogP contribution in [0.4, 0.5) is 4.79 Å². The van der Waals surface area contributed by atoms with Crippen molar-refractivity contribution in [2.75, 3.05) is 6.61 Å². The molecule has 1 aliphatic heterocycles. The van der Waals surface area contributed by atoms with Crippen molar-refractivity contribution in [2.45, 2.75) is 26.8 Å². The number of rotatable bonds is 6. The van der Waals surface area contributed by atoms with Crippen LogP contribution in [0.1, 0.15) is 36.6 Å². The van der Waals surface area contributed by atoms with Gasteiger partial charge in [0.15, 0.2) is 0 Å². The van der Waals surface area contributed by atoms with Crippen molar-refractivity contribution in [3.8, 4) is 5.75 Å². The van der Waals surface area contributed by atoms with Gasteiger partial charge in [-0.3, -0.25) is 0 Å². The number of carbonyl (C=O) groups excluding carboxylic acids is 3. The molecule has 2 aromatic rings. The number of hydrogen-bond acceptors (Lipinski definition) is 5. The van der Waals surface area contributed by atoms with E-state index in [0.29, 0.717) is 11.3 Å². The van der Waals surface area contributed by atoms with Crippen molar-refractivity contribution in [3.63, 3.8) is 0 Å². The van der Waals surface area contributed by atoms with Crippen molar-refractivity contribution in [1.29, 1.82) is 0 Å². The molecule has 1 aliphatic rings. The summed E-state index contributed by atoms with van der Waals surface area (Å²) < 4.78 is 10.5. The smallest absolute Gasteiger partial charge is 0.338 e. The van der Waals surface area contributed by atoms with Gasteiger partial charge in [-0.25, -0.2) is 14.4 Å². The summed E-state index contributed by atoms with van der Waals surface area (Å²) in [4.78, 5) is 36.6. The fourth-order valence-corrected chi connectivity index (χ4v) is 3.50. The Kier molecular flexibility index (Phi) is 7.33. The van der Waals surface area contributed by atoms with Gasteiger partial charge in [0.1, 0.15) is 5.75 Å². The summed E-state index contributed by atoms with van der Waals surface area (Å²) in [5.74, 6) is -0.968. The second-order valence-electron chi connectivity index (χ2n) is 7.09. The van der Waals surface area contributed by atoms with Gasteiger partial charge >= 0.3 is 18.0 Å². The molecule has 1 atom stereocenters. The van der Waals surface area contributed by atoms with E-state index in [1.807, 2.05) is 31.2 Å². The molecule has 166 valence electrons. The molecule has 0 bridgehead atoms. The molecule has 0 aliphatic carbocycles. The predicted octanol–water partition coefficient (Wildman–Crippen LogP) is 4.46. The molecular formula is C24H23ClN2O5. The maximum absolute atomic E-state index is 12.4. The Hall–Kier alpha value is -3.58. The zero-order valence-corrected chi connectivity index (χ0v) is 18.7. The van der Waals surface area contributed by atoms with Crippen LogP contribution in [0.2, 0.25) is 5.02 Å². The fraction of sp³-hybridized carbons (Fsp3) is 0.208. The highest BCUT2D eigenvalue weighted by Gasteiger charge is 2.32. The van der Waals surface area contributed by atoms with Crippen LogP contribution in [0.15, 0.2) is 59.8 Å². The average Bonchev–Trinajstić information content (AvgIpc) is 2.74. The molecule has 0 spiro atoms. The van der Waals surface area contributed by atoms with Gasteiger partial charge in [0.2, 0.25) is 0 Å². The monoisotopic (exact) mass is 454 g/mol. The van der Waals surface area contributed by atoms with Crippen LogP contribution in [-0.2, 0) is 14.3 Å². The van der Waals surface area contributed by atoms with Gasteiger partial charge < -0.3 is 20.1 Å². The number of nitrogens with one attached hydrogen (secondary N) is 2. The maximum Gasteiger partial charge on any atom is 0.338 e. The van der Waals surface area contributed by atoms with Gasteiger partial charge in [0, 0.05) is 11.8 Å². The lowest BCUT2D eigenvalue weighted by molar-refractivity contribution is -0.139. The number of halogens is 1. The van der Waals surface area contributed by atoms with E-state index in [2.05, 4.69) is 10.6 Å². The number of hydrogen-bond donors (Lipinski definition) is 2. The van der Waals surface area contributed by atoms with E-state index >= 15 is 0 Å². The fourth-order valence-electron chi connectivity index (χ4n) is 3.28. The third kappa shape index (κ3) is 5.36. The number of allylic oxidation sites excluding steroid dienone is 1. The van der Waals surface area contributed by atoms with Crippen LogP contribution in [0.25, 0.3) is 6.08 Å². The van der Waals surface area contributed by atoms with Crippen molar-refractivity contribution >= 4 is 35.6 Å². The molecular weight excluding hydrogens is 432 g/mol. The molecule has 1 unspecified atom stereocenters. The number of carbonyl (C=O) groups is 3. The lowest BCUT2D eigenvalue weighted by atomic mass is 9.95. The van der Waals surface area contributed by atoms with Crippen LogP contribution >= 0.6 is 11.6 Å². The summed E-state index contributed by atoms with van der Waals surface area (Å²) in [6.45, 7) is 5.46. The van der Waals surface area contributed by atoms with Gasteiger partial charge in [-0.1, -0.05) is 41.9 Å². The summed E-state index contributed by atoms with van der Waals surface area (Å²) in [7, 11) is 0. The topological polar surface area (TPSA) is 93.7 Å². The Morgan fingerprint density at radius 3 is 2.59 bits per heavy atom. The largest absolute Gasteiger partial charge is 0.463 e. The molecule has 32 heavy (non-hydrogen) atoms. The highest BCUT2D eigenvalue weighted by atomic mass is 35.5. The molecule has 0 fully saturated rings. The van der Waals surface area contributed by atoms with E-state index in [4.69, 9.17) is 21.1 Å². The molecule has 2 amide bonds. The number of ether oxygens (including phenoxy) is 2. The first-order chi connectivity index (χ1) is 15.3. The summed E-state index contributed by atoms with van der Waals surface area (Å²) >= 11 is 6.33. The van der Waals surface area contributed by atoms with Crippen LogP contribution in [0.5, 0.6) is 5.75 Å². The van der Waals surface area contributed by atoms with Crippen LogP contribution < -0.4 is 15.4 Å². The van der Waals surface area contributed by atoms with E-state index in [0.717, 1.165) is 11.1 Å². The second-order valence-corrected chi connectivity index (χ2v) is 7.50. The number of esters is 2. The molecule has 2 aromatic carbocycles. The van der Waals surface area contributed by atoms with Gasteiger partial charge in [-0.05, 0) is 55.7 Å². The molecule has 0 aromatic heterocycles. The van der Waals surface area contributed by atoms with Gasteiger partial charge in [0.25, 0.3) is 0 Å². The summed E-state index contributed by atoms with van der Waals surface area (Å²) in [5.41, 5.74) is 3.14. The number of benzene rings is 2. The minimum Gasteiger partial charge on any atom is -0.463 e. The first-order valence-corrected chi connectivity index (χ1v) is 10.4. The molecule has 1 heterocycles. The van der Waals surface area contributed by atoms with E-state index < -0.39 is 24.0 Å². The summed E-state index contributed by atoms with van der Waals surface area (Å²) in [5, 5.41) is 5.43. The van der Waals surface area contributed by atoms with E-state index in [9.17, 15) is 14.4 Å². The standard InChI is InChI=1S/C24H23ClN2O5/c1-4-31-23(29)21-15(3)26-24(30)27-22(21)17-9-11-19(18(25)13-17)32-20(28)12-10-16-8-6-5-7-14(16)2/h5-13,22H,4H2,1-3H3,(H2,26,27,30)/b12-10+. The summed E-state index contributed by atoms with van der Waals surface area (Å²) in [6, 6.07) is 11.1. The minimum atomic E-state index is -0.758. The Bertz CT molecular complexity index is 1120. The molecule has 0 radical (unpaired) electrons. The Morgan fingerprint density at radius 2 is 1.91 bits per heavy atom. The molecule has 2 N–H and O–H groups in total. The van der Waals surface area contributed by atoms with Gasteiger partial charge in [0.05, 0.1) is 23.2 Å². The van der Waals surface area contributed by atoms with E-state index in [1.165, 1.54) is 18.2 Å². The minimum absolute atomic E-state index is 0.161. The Labute approximate surface area is 191 Å². The van der Waals surface area contributed by atoms with Crippen LogP contribution in [0.3, 0.4) is 0 Å². The van der Waals surface area contributed by atoms with Crippen molar-refractivity contribution in [3.05, 3.63) is 81.5 Å². The van der Waals surface area contributed by atoms with Crippen molar-refractivity contribution in [1.82, 2.24) is 10.6 Å². The van der Waals surface area contributed by atoms with E-state index in [-0.39, 0.29) is 23.0 Å². The normalized spacial score (nSPS) is 15.9. The molecule has 7 nitrogen and oxygen atoms in total. The van der Waals surface area contributed by atoms with Crippen LogP contribution in [0, 0.1) is 6.92 Å². The zero-order valence-electron chi connectivity index (χ0n) is 17.9. The molecule has 3 rings (SSSR count). The third-order valence-electron chi connectivity index (χ3n) is 4.85. The number of urea groups is 1. The first-order valence-electron chi connectivity index (χ1n) is 10.0. The number of amides is 2. The maximum atomic E-state index is 12.4. The van der Waals surface area contributed by atoms with E-state index in [1.54, 1.807) is 26.0 Å². The van der Waals surface area contributed by atoms with Gasteiger partial charge in [-0.15, -0.1) is 0 Å². The lowest BCUT2D eigenvalue weighted by Crippen LogP contribution is -2.45. The van der Waals surface area contributed by atoms with Crippen molar-refractivity contribution < 1.29 is 23.9 Å². The highest BCUT2D eigenvalue weighted by Crippen LogP contribution is 2.33. The number of aryl methyl sites for hydroxylation is 1. The van der Waals surface area contributed by atoms with Gasteiger partial charge in [-0.2, -0.15) is 0 Å². The Morgan fingerprint density at radius 1 is 1.16 bits per heavy atom. The quantitative estimate of drug-likeness (QED) is 0.382.